The third kappa shape index (κ3) is 2.01. The standard InChI is InChI=1S/C15H19ClN5O/c1-19-6-4-12-3-2-11(9-20(12)15(19)22)14-13-8-17-5-7-21(13,16)10-18-14/h5,7-8,10-12H,2-4,6,9H2,1H3/q+1. The summed E-state index contributed by atoms with van der Waals surface area (Å²) in [4.78, 5) is 25.0. The van der Waals surface area contributed by atoms with E-state index < -0.39 is 0 Å². The van der Waals surface area contributed by atoms with Crippen molar-refractivity contribution in [2.24, 2.45) is 15.9 Å². The summed E-state index contributed by atoms with van der Waals surface area (Å²) in [7, 11) is 1.87. The lowest BCUT2D eigenvalue weighted by Crippen LogP contribution is -2.56. The van der Waals surface area contributed by atoms with Crippen LogP contribution in [0.1, 0.15) is 19.3 Å². The first kappa shape index (κ1) is 14.0. The van der Waals surface area contributed by atoms with E-state index >= 15 is 0 Å². The number of quaternary nitrogens is 1. The highest BCUT2D eigenvalue weighted by molar-refractivity contribution is 6.14. The van der Waals surface area contributed by atoms with Crippen LogP contribution in [-0.2, 0) is 0 Å². The monoisotopic (exact) mass is 320 g/mol. The average molecular weight is 321 g/mol. The summed E-state index contributed by atoms with van der Waals surface area (Å²) in [6, 6.07) is 0.517. The zero-order valence-corrected chi connectivity index (χ0v) is 13.3. The van der Waals surface area contributed by atoms with Crippen LogP contribution in [-0.4, -0.2) is 58.6 Å². The summed E-state index contributed by atoms with van der Waals surface area (Å²) in [5, 5.41) is 0. The van der Waals surface area contributed by atoms with Crippen LogP contribution in [0, 0.1) is 5.92 Å². The number of carbonyl (C=O) groups is 1. The molecule has 0 aromatic rings. The molecule has 2 saturated heterocycles. The Hall–Kier alpha value is -1.66. The molecule has 0 N–H and O–H groups in total. The molecular weight excluding hydrogens is 302 g/mol. The molecule has 22 heavy (non-hydrogen) atoms. The smallest absolute Gasteiger partial charge is 0.320 e. The molecule has 2 amide bonds. The Morgan fingerprint density at radius 2 is 2.23 bits per heavy atom. The number of urea groups is 1. The maximum Gasteiger partial charge on any atom is 0.320 e. The lowest BCUT2D eigenvalue weighted by Gasteiger charge is -2.45. The van der Waals surface area contributed by atoms with Crippen molar-refractivity contribution in [2.45, 2.75) is 25.3 Å². The number of allylic oxidation sites excluding steroid dienone is 1. The number of aliphatic imine (C=N–C) groups is 2. The Bertz CT molecular complexity index is 640. The molecule has 116 valence electrons. The predicted molar refractivity (Wildman–Crippen MR) is 85.1 cm³/mol. The highest BCUT2D eigenvalue weighted by Crippen LogP contribution is 2.39. The van der Waals surface area contributed by atoms with Gasteiger partial charge in [0.25, 0.3) is 0 Å². The highest BCUT2D eigenvalue weighted by Gasteiger charge is 2.43. The fourth-order valence-electron chi connectivity index (χ4n) is 3.73. The zero-order chi connectivity index (χ0) is 15.3. The van der Waals surface area contributed by atoms with Gasteiger partial charge in [0.05, 0.1) is 12.4 Å². The van der Waals surface area contributed by atoms with Gasteiger partial charge < -0.3 is 9.80 Å². The van der Waals surface area contributed by atoms with Crippen molar-refractivity contribution in [1.82, 2.24) is 9.80 Å². The molecular formula is C15H19ClN5O+. The van der Waals surface area contributed by atoms with Gasteiger partial charge in [-0.1, -0.05) is 0 Å². The van der Waals surface area contributed by atoms with Gasteiger partial charge in [0, 0.05) is 32.1 Å². The molecule has 0 aromatic heterocycles. The number of carbonyl (C=O) groups excluding carboxylic acids is 1. The van der Waals surface area contributed by atoms with E-state index in [4.69, 9.17) is 11.8 Å². The normalized spacial score (nSPS) is 36.9. The molecule has 3 unspecified atom stereocenters. The third-order valence-electron chi connectivity index (χ3n) is 5.03. The van der Waals surface area contributed by atoms with Crippen LogP contribution in [0.15, 0.2) is 33.8 Å². The van der Waals surface area contributed by atoms with Gasteiger partial charge in [-0.3, -0.25) is 4.99 Å². The van der Waals surface area contributed by atoms with E-state index in [0.29, 0.717) is 6.04 Å². The molecule has 4 rings (SSSR count). The van der Waals surface area contributed by atoms with E-state index in [2.05, 4.69) is 9.98 Å². The Balaban J connectivity index is 1.61. The SMILES string of the molecule is CN1CCC2CCC(C3=C4C=NC=C[N+]4(Cl)C=N3)CN2C1=O. The largest absolute Gasteiger partial charge is 0.328 e. The maximum atomic E-state index is 12.4. The van der Waals surface area contributed by atoms with Gasteiger partial charge in [-0.2, -0.15) is 4.99 Å². The molecule has 0 bridgehead atoms. The van der Waals surface area contributed by atoms with Gasteiger partial charge in [-0.15, -0.1) is 4.00 Å². The lowest BCUT2D eigenvalue weighted by atomic mass is 9.87. The Morgan fingerprint density at radius 1 is 1.36 bits per heavy atom. The fraction of sp³-hybridized carbons (Fsp3) is 0.533. The van der Waals surface area contributed by atoms with Gasteiger partial charge in [-0.05, 0) is 19.3 Å². The molecule has 6 nitrogen and oxygen atoms in total. The van der Waals surface area contributed by atoms with Gasteiger partial charge in [0.2, 0.25) is 12.0 Å². The van der Waals surface area contributed by atoms with Crippen LogP contribution < -0.4 is 0 Å². The number of halogens is 1. The van der Waals surface area contributed by atoms with Crippen molar-refractivity contribution in [1.29, 1.82) is 0 Å². The minimum atomic E-state index is 0.0621. The molecule has 4 heterocycles. The summed E-state index contributed by atoms with van der Waals surface area (Å²) in [6.45, 7) is 1.58. The molecule has 2 fully saturated rings. The minimum Gasteiger partial charge on any atom is -0.328 e. The average Bonchev–Trinajstić information content (AvgIpc) is 2.88. The van der Waals surface area contributed by atoms with Gasteiger partial charge in [0.1, 0.15) is 11.9 Å². The lowest BCUT2D eigenvalue weighted by molar-refractivity contribution is -0.592. The fourth-order valence-corrected chi connectivity index (χ4v) is 3.95. The molecule has 0 spiro atoms. The summed E-state index contributed by atoms with van der Waals surface area (Å²) < 4.78 is 0.0621. The minimum absolute atomic E-state index is 0.0621. The Labute approximate surface area is 134 Å². The molecule has 0 aromatic carbocycles. The number of nitrogens with zero attached hydrogens (tertiary/aromatic N) is 5. The number of amides is 2. The number of hydrogen-bond acceptors (Lipinski definition) is 3. The molecule has 4 aliphatic rings. The van der Waals surface area contributed by atoms with Gasteiger partial charge in [-0.25, -0.2) is 4.79 Å². The van der Waals surface area contributed by atoms with Gasteiger partial charge >= 0.3 is 6.03 Å². The molecule has 7 heteroatoms. The highest BCUT2D eigenvalue weighted by atomic mass is 35.5. The van der Waals surface area contributed by atoms with E-state index in [1.165, 1.54) is 0 Å². The summed E-state index contributed by atoms with van der Waals surface area (Å²) in [5.74, 6) is 0.231. The molecule has 0 aliphatic carbocycles. The van der Waals surface area contributed by atoms with Crippen molar-refractivity contribution >= 4 is 30.4 Å². The van der Waals surface area contributed by atoms with E-state index in [-0.39, 0.29) is 16.0 Å². The first-order valence-electron chi connectivity index (χ1n) is 7.69. The second-order valence-corrected chi connectivity index (χ2v) is 6.91. The molecule has 4 aliphatic heterocycles. The predicted octanol–water partition coefficient (Wildman–Crippen LogP) is 2.30. The van der Waals surface area contributed by atoms with Crippen molar-refractivity contribution < 1.29 is 8.80 Å². The molecule has 3 atom stereocenters. The van der Waals surface area contributed by atoms with Crippen molar-refractivity contribution in [2.75, 3.05) is 20.1 Å². The van der Waals surface area contributed by atoms with Crippen LogP contribution in [0.2, 0.25) is 0 Å². The first-order valence-corrected chi connectivity index (χ1v) is 8.03. The van der Waals surface area contributed by atoms with Crippen molar-refractivity contribution in [3.63, 3.8) is 0 Å². The first-order chi connectivity index (χ1) is 10.6. The van der Waals surface area contributed by atoms with E-state index in [1.807, 2.05) is 11.9 Å². The number of rotatable bonds is 1. The van der Waals surface area contributed by atoms with Crippen LogP contribution >= 0.6 is 11.8 Å². The third-order valence-corrected chi connectivity index (χ3v) is 5.41. The molecule has 0 saturated carbocycles. The zero-order valence-electron chi connectivity index (χ0n) is 12.5. The number of hydrogen-bond donors (Lipinski definition) is 0. The second-order valence-electron chi connectivity index (χ2n) is 6.35. The summed E-state index contributed by atoms with van der Waals surface area (Å²) >= 11 is 6.54. The Kier molecular flexibility index (Phi) is 3.13. The topological polar surface area (TPSA) is 48.3 Å². The summed E-state index contributed by atoms with van der Waals surface area (Å²) in [5.41, 5.74) is 1.88. The number of piperidine rings is 1. The number of fused-ring (bicyclic) bond motifs is 2. The maximum absolute atomic E-state index is 12.4. The van der Waals surface area contributed by atoms with Crippen LogP contribution in [0.5, 0.6) is 0 Å². The van der Waals surface area contributed by atoms with E-state index in [0.717, 1.165) is 43.7 Å². The second kappa shape index (κ2) is 4.93. The van der Waals surface area contributed by atoms with Gasteiger partial charge in [0.15, 0.2) is 11.8 Å². The van der Waals surface area contributed by atoms with Crippen LogP contribution in [0.25, 0.3) is 0 Å². The van der Waals surface area contributed by atoms with E-state index in [9.17, 15) is 4.79 Å². The Morgan fingerprint density at radius 3 is 3.09 bits per heavy atom. The summed E-state index contributed by atoms with van der Waals surface area (Å²) in [6.07, 6.45) is 10.1. The van der Waals surface area contributed by atoms with E-state index in [1.54, 1.807) is 29.9 Å². The van der Waals surface area contributed by atoms with Crippen molar-refractivity contribution in [3.8, 4) is 0 Å². The van der Waals surface area contributed by atoms with Crippen LogP contribution in [0.4, 0.5) is 4.79 Å². The van der Waals surface area contributed by atoms with Crippen molar-refractivity contribution in [3.05, 3.63) is 23.8 Å². The quantitative estimate of drug-likeness (QED) is 0.684. The molecule has 0 radical (unpaired) electrons. The van der Waals surface area contributed by atoms with Crippen LogP contribution in [0.3, 0.4) is 0 Å².